The minimum absolute atomic E-state index is 0.326. The van der Waals surface area contributed by atoms with Crippen molar-refractivity contribution in [2.75, 3.05) is 20.3 Å². The molecule has 0 spiro atoms. The summed E-state index contributed by atoms with van der Waals surface area (Å²) in [6, 6.07) is 5.64. The van der Waals surface area contributed by atoms with E-state index in [2.05, 4.69) is 4.57 Å². The predicted octanol–water partition coefficient (Wildman–Crippen LogP) is 3.51. The Kier molecular flexibility index (Phi) is 4.17. The molecule has 0 aliphatic carbocycles. The average Bonchev–Trinajstić information content (AvgIpc) is 2.85. The van der Waals surface area contributed by atoms with E-state index >= 15 is 0 Å². The second-order valence-corrected chi connectivity index (χ2v) is 5.84. The molecule has 112 valence electrons. The van der Waals surface area contributed by atoms with Crippen molar-refractivity contribution in [1.82, 2.24) is 4.57 Å². The molecule has 2 heterocycles. The first-order valence-corrected chi connectivity index (χ1v) is 7.51. The van der Waals surface area contributed by atoms with Gasteiger partial charge in [0.2, 0.25) is 0 Å². The van der Waals surface area contributed by atoms with Crippen LogP contribution < -0.4 is 0 Å². The summed E-state index contributed by atoms with van der Waals surface area (Å²) in [5.41, 5.74) is 1.59. The molecule has 1 fully saturated rings. The van der Waals surface area contributed by atoms with Crippen LogP contribution in [0.1, 0.15) is 23.2 Å². The SMILES string of the molecule is COC(=O)c1cn(CC2CCOCC2)c2ccc(Cl)cc12. The molecule has 2 aromatic rings. The Morgan fingerprint density at radius 2 is 2.19 bits per heavy atom. The van der Waals surface area contributed by atoms with Gasteiger partial charge in [0.1, 0.15) is 0 Å². The molecule has 0 radical (unpaired) electrons. The topological polar surface area (TPSA) is 40.5 Å². The number of aromatic nitrogens is 1. The number of halogens is 1. The van der Waals surface area contributed by atoms with Gasteiger partial charge in [0.05, 0.1) is 12.7 Å². The molecule has 5 heteroatoms. The lowest BCUT2D eigenvalue weighted by atomic mass is 10.0. The highest BCUT2D eigenvalue weighted by atomic mass is 35.5. The summed E-state index contributed by atoms with van der Waals surface area (Å²) in [5, 5.41) is 1.47. The first kappa shape index (κ1) is 14.4. The number of fused-ring (bicyclic) bond motifs is 1. The first-order chi connectivity index (χ1) is 10.2. The predicted molar refractivity (Wildman–Crippen MR) is 81.8 cm³/mol. The fourth-order valence-corrected chi connectivity index (χ4v) is 3.07. The Morgan fingerprint density at radius 3 is 2.90 bits per heavy atom. The van der Waals surface area contributed by atoms with Crippen molar-refractivity contribution < 1.29 is 14.3 Å². The number of nitrogens with zero attached hydrogens (tertiary/aromatic N) is 1. The zero-order valence-corrected chi connectivity index (χ0v) is 12.7. The van der Waals surface area contributed by atoms with Crippen molar-refractivity contribution in [2.45, 2.75) is 19.4 Å². The zero-order valence-electron chi connectivity index (χ0n) is 12.0. The van der Waals surface area contributed by atoms with Gasteiger partial charge in [-0.25, -0.2) is 4.79 Å². The normalized spacial score (nSPS) is 16.3. The zero-order chi connectivity index (χ0) is 14.8. The summed E-state index contributed by atoms with van der Waals surface area (Å²) in [6.45, 7) is 2.53. The van der Waals surface area contributed by atoms with Gasteiger partial charge < -0.3 is 14.0 Å². The molecule has 0 bridgehead atoms. The maximum Gasteiger partial charge on any atom is 0.340 e. The van der Waals surface area contributed by atoms with Gasteiger partial charge in [0, 0.05) is 41.9 Å². The summed E-state index contributed by atoms with van der Waals surface area (Å²) in [4.78, 5) is 11.9. The van der Waals surface area contributed by atoms with Crippen molar-refractivity contribution in [3.63, 3.8) is 0 Å². The number of esters is 1. The van der Waals surface area contributed by atoms with Gasteiger partial charge >= 0.3 is 5.97 Å². The Bertz CT molecular complexity index is 659. The number of carbonyl (C=O) groups excluding carboxylic acids is 1. The third-order valence-corrected chi connectivity index (χ3v) is 4.28. The number of carbonyl (C=O) groups is 1. The number of hydrogen-bond acceptors (Lipinski definition) is 3. The highest BCUT2D eigenvalue weighted by Crippen LogP contribution is 2.28. The van der Waals surface area contributed by atoms with Crippen LogP contribution >= 0.6 is 11.6 Å². The van der Waals surface area contributed by atoms with Crippen molar-refractivity contribution in [3.8, 4) is 0 Å². The van der Waals surface area contributed by atoms with Crippen LogP contribution in [-0.4, -0.2) is 30.9 Å². The van der Waals surface area contributed by atoms with Gasteiger partial charge in [0.25, 0.3) is 0 Å². The molecule has 1 aromatic heterocycles. The molecule has 1 aliphatic rings. The maximum absolute atomic E-state index is 11.9. The second-order valence-electron chi connectivity index (χ2n) is 5.40. The lowest BCUT2D eigenvalue weighted by Crippen LogP contribution is -2.20. The molecule has 3 rings (SSSR count). The van der Waals surface area contributed by atoms with Crippen LogP contribution in [0.3, 0.4) is 0 Å². The first-order valence-electron chi connectivity index (χ1n) is 7.13. The quantitative estimate of drug-likeness (QED) is 0.815. The third kappa shape index (κ3) is 2.92. The highest BCUT2D eigenvalue weighted by molar-refractivity contribution is 6.31. The van der Waals surface area contributed by atoms with Crippen LogP contribution in [-0.2, 0) is 16.0 Å². The number of hydrogen-bond donors (Lipinski definition) is 0. The number of methoxy groups -OCH3 is 1. The molecule has 21 heavy (non-hydrogen) atoms. The number of ether oxygens (including phenoxy) is 2. The molecule has 1 saturated heterocycles. The van der Waals surface area contributed by atoms with Gasteiger partial charge in [-0.05, 0) is 37.0 Å². The molecule has 1 aromatic carbocycles. The van der Waals surface area contributed by atoms with E-state index in [9.17, 15) is 4.79 Å². The molecule has 0 unspecified atom stereocenters. The smallest absolute Gasteiger partial charge is 0.340 e. The van der Waals surface area contributed by atoms with Crippen LogP contribution in [0, 0.1) is 5.92 Å². The average molecular weight is 308 g/mol. The Morgan fingerprint density at radius 1 is 1.43 bits per heavy atom. The van der Waals surface area contributed by atoms with Crippen LogP contribution in [0.2, 0.25) is 5.02 Å². The van der Waals surface area contributed by atoms with Crippen molar-refractivity contribution in [3.05, 3.63) is 35.0 Å². The molecule has 0 amide bonds. The van der Waals surface area contributed by atoms with E-state index < -0.39 is 0 Å². The van der Waals surface area contributed by atoms with E-state index in [-0.39, 0.29) is 5.97 Å². The van der Waals surface area contributed by atoms with Crippen molar-refractivity contribution >= 4 is 28.5 Å². The van der Waals surface area contributed by atoms with Crippen LogP contribution in [0.4, 0.5) is 0 Å². The largest absolute Gasteiger partial charge is 0.465 e. The summed E-state index contributed by atoms with van der Waals surface area (Å²) < 4.78 is 12.4. The van der Waals surface area contributed by atoms with E-state index in [4.69, 9.17) is 21.1 Å². The lowest BCUT2D eigenvalue weighted by molar-refractivity contribution is 0.0595. The van der Waals surface area contributed by atoms with Crippen molar-refractivity contribution in [2.24, 2.45) is 5.92 Å². The Hall–Kier alpha value is -1.52. The van der Waals surface area contributed by atoms with Gasteiger partial charge in [-0.1, -0.05) is 11.6 Å². The van der Waals surface area contributed by atoms with Crippen LogP contribution in [0.25, 0.3) is 10.9 Å². The molecular formula is C16H18ClNO3. The van der Waals surface area contributed by atoms with Gasteiger partial charge in [-0.2, -0.15) is 0 Å². The lowest BCUT2D eigenvalue weighted by Gasteiger charge is -2.22. The van der Waals surface area contributed by atoms with E-state index in [0.29, 0.717) is 16.5 Å². The Balaban J connectivity index is 1.99. The summed E-state index contributed by atoms with van der Waals surface area (Å²) >= 11 is 6.06. The van der Waals surface area contributed by atoms with Gasteiger partial charge in [0.15, 0.2) is 0 Å². The van der Waals surface area contributed by atoms with E-state index in [1.807, 2.05) is 24.4 Å². The molecule has 1 aliphatic heterocycles. The fourth-order valence-electron chi connectivity index (χ4n) is 2.90. The standard InChI is InChI=1S/C16H18ClNO3/c1-20-16(19)14-10-18(9-11-4-6-21-7-5-11)15-3-2-12(17)8-13(14)15/h2-3,8,10-11H,4-7,9H2,1H3. The summed E-state index contributed by atoms with van der Waals surface area (Å²) in [7, 11) is 1.40. The minimum Gasteiger partial charge on any atom is -0.465 e. The molecule has 4 nitrogen and oxygen atoms in total. The Labute approximate surface area is 128 Å². The summed E-state index contributed by atoms with van der Waals surface area (Å²) in [5.74, 6) is 0.253. The maximum atomic E-state index is 11.9. The second kappa shape index (κ2) is 6.08. The molecular weight excluding hydrogens is 290 g/mol. The van der Waals surface area contributed by atoms with E-state index in [0.717, 1.165) is 43.5 Å². The van der Waals surface area contributed by atoms with Gasteiger partial charge in [-0.3, -0.25) is 0 Å². The van der Waals surface area contributed by atoms with E-state index in [1.165, 1.54) is 7.11 Å². The number of rotatable bonds is 3. The molecule has 0 atom stereocenters. The summed E-state index contributed by atoms with van der Waals surface area (Å²) in [6.07, 6.45) is 3.99. The minimum atomic E-state index is -0.326. The molecule has 0 N–H and O–H groups in total. The third-order valence-electron chi connectivity index (χ3n) is 4.04. The fraction of sp³-hybridized carbons (Fsp3) is 0.438. The van der Waals surface area contributed by atoms with E-state index in [1.54, 1.807) is 0 Å². The number of benzene rings is 1. The van der Waals surface area contributed by atoms with Crippen LogP contribution in [0.5, 0.6) is 0 Å². The monoisotopic (exact) mass is 307 g/mol. The van der Waals surface area contributed by atoms with Crippen molar-refractivity contribution in [1.29, 1.82) is 0 Å². The van der Waals surface area contributed by atoms with Crippen LogP contribution in [0.15, 0.2) is 24.4 Å². The molecule has 0 saturated carbocycles. The van der Waals surface area contributed by atoms with Gasteiger partial charge in [-0.15, -0.1) is 0 Å². The highest BCUT2D eigenvalue weighted by Gasteiger charge is 2.19.